The lowest BCUT2D eigenvalue weighted by Gasteiger charge is -2.29. The van der Waals surface area contributed by atoms with Gasteiger partial charge in [0.1, 0.15) is 11.0 Å². The van der Waals surface area contributed by atoms with Crippen molar-refractivity contribution in [2.24, 2.45) is 5.41 Å². The van der Waals surface area contributed by atoms with Crippen molar-refractivity contribution in [3.8, 4) is 0 Å². The van der Waals surface area contributed by atoms with Gasteiger partial charge < -0.3 is 10.1 Å². The zero-order valence-electron chi connectivity index (χ0n) is 9.40. The van der Waals surface area contributed by atoms with Crippen LogP contribution in [0, 0.1) is 5.41 Å². The minimum Gasteiger partial charge on any atom is -0.467 e. The van der Waals surface area contributed by atoms with E-state index in [9.17, 15) is 4.79 Å². The van der Waals surface area contributed by atoms with Crippen LogP contribution < -0.4 is 5.32 Å². The summed E-state index contributed by atoms with van der Waals surface area (Å²) in [6.07, 6.45) is 1.70. The number of methoxy groups -OCH3 is 1. The molecule has 0 bridgehead atoms. The van der Waals surface area contributed by atoms with Gasteiger partial charge in [-0.05, 0) is 5.41 Å². The van der Waals surface area contributed by atoms with Crippen molar-refractivity contribution < 1.29 is 9.53 Å². The number of anilines is 1. The SMILES string of the molecule is COC(=O)[C@@H](Nc1cncs1)C(C)(C)C. The maximum atomic E-state index is 11.6. The summed E-state index contributed by atoms with van der Waals surface area (Å²) in [5, 5.41) is 4.01. The van der Waals surface area contributed by atoms with Gasteiger partial charge in [-0.1, -0.05) is 20.8 Å². The fourth-order valence-electron chi connectivity index (χ4n) is 1.18. The van der Waals surface area contributed by atoms with Crippen LogP contribution in [0.1, 0.15) is 20.8 Å². The van der Waals surface area contributed by atoms with Gasteiger partial charge >= 0.3 is 5.97 Å². The third-order valence-corrected chi connectivity index (χ3v) is 2.73. The lowest BCUT2D eigenvalue weighted by molar-refractivity contribution is -0.143. The van der Waals surface area contributed by atoms with Crippen molar-refractivity contribution in [3.63, 3.8) is 0 Å². The molecule has 0 unspecified atom stereocenters. The van der Waals surface area contributed by atoms with Crippen molar-refractivity contribution in [1.82, 2.24) is 4.98 Å². The van der Waals surface area contributed by atoms with Gasteiger partial charge in [-0.3, -0.25) is 4.98 Å². The van der Waals surface area contributed by atoms with E-state index in [2.05, 4.69) is 10.3 Å². The summed E-state index contributed by atoms with van der Waals surface area (Å²) in [4.78, 5) is 15.5. The molecule has 0 saturated carbocycles. The molecule has 1 rings (SSSR count). The van der Waals surface area contributed by atoms with Crippen molar-refractivity contribution in [2.45, 2.75) is 26.8 Å². The Hall–Kier alpha value is -1.10. The quantitative estimate of drug-likeness (QED) is 0.805. The third-order valence-electron chi connectivity index (χ3n) is 2.02. The molecule has 0 spiro atoms. The Balaban J connectivity index is 2.79. The van der Waals surface area contributed by atoms with Gasteiger partial charge in [0, 0.05) is 0 Å². The summed E-state index contributed by atoms with van der Waals surface area (Å²) < 4.78 is 4.77. The number of nitrogens with one attached hydrogen (secondary N) is 1. The zero-order chi connectivity index (χ0) is 11.5. The van der Waals surface area contributed by atoms with Crippen molar-refractivity contribution in [1.29, 1.82) is 0 Å². The van der Waals surface area contributed by atoms with Crippen molar-refractivity contribution in [3.05, 3.63) is 11.7 Å². The predicted molar refractivity (Wildman–Crippen MR) is 61.0 cm³/mol. The minimum absolute atomic E-state index is 0.197. The molecule has 0 aliphatic rings. The first-order chi connectivity index (χ1) is 6.95. The van der Waals surface area contributed by atoms with Crippen LogP contribution in [-0.4, -0.2) is 24.1 Å². The van der Waals surface area contributed by atoms with E-state index < -0.39 is 0 Å². The average Bonchev–Trinajstić information content (AvgIpc) is 2.63. The van der Waals surface area contributed by atoms with E-state index in [0.29, 0.717) is 0 Å². The normalized spacial score (nSPS) is 13.3. The number of ether oxygens (including phenoxy) is 1. The first-order valence-electron chi connectivity index (χ1n) is 4.68. The molecule has 0 amide bonds. The lowest BCUT2D eigenvalue weighted by atomic mass is 9.87. The van der Waals surface area contributed by atoms with Crippen LogP contribution in [0.3, 0.4) is 0 Å². The molecular weight excluding hydrogens is 212 g/mol. The fourth-order valence-corrected chi connectivity index (χ4v) is 1.72. The largest absolute Gasteiger partial charge is 0.467 e. The highest BCUT2D eigenvalue weighted by molar-refractivity contribution is 7.13. The second-order valence-corrected chi connectivity index (χ2v) is 5.22. The van der Waals surface area contributed by atoms with E-state index in [1.54, 1.807) is 11.7 Å². The molecule has 4 nitrogen and oxygen atoms in total. The van der Waals surface area contributed by atoms with Gasteiger partial charge in [0.05, 0.1) is 18.8 Å². The summed E-state index contributed by atoms with van der Waals surface area (Å²) in [6, 6.07) is -0.358. The minimum atomic E-state index is -0.358. The van der Waals surface area contributed by atoms with E-state index in [1.165, 1.54) is 18.4 Å². The molecule has 1 aromatic rings. The van der Waals surface area contributed by atoms with Crippen LogP contribution in [0.5, 0.6) is 0 Å². The Morgan fingerprint density at radius 3 is 2.67 bits per heavy atom. The molecule has 0 saturated heterocycles. The molecular formula is C10H16N2O2S. The molecule has 5 heteroatoms. The van der Waals surface area contributed by atoms with Crippen LogP contribution in [0.15, 0.2) is 11.7 Å². The highest BCUT2D eigenvalue weighted by Crippen LogP contribution is 2.25. The molecule has 0 aromatic carbocycles. The smallest absolute Gasteiger partial charge is 0.328 e. The molecule has 1 atom stereocenters. The Bertz CT molecular complexity index is 317. The molecule has 0 aliphatic heterocycles. The summed E-state index contributed by atoms with van der Waals surface area (Å²) in [7, 11) is 1.40. The Kier molecular flexibility index (Phi) is 3.68. The van der Waals surface area contributed by atoms with Gasteiger partial charge in [-0.25, -0.2) is 4.79 Å². The van der Waals surface area contributed by atoms with Crippen LogP contribution in [0.4, 0.5) is 5.00 Å². The van der Waals surface area contributed by atoms with Gasteiger partial charge in [0.2, 0.25) is 0 Å². The van der Waals surface area contributed by atoms with E-state index in [1.807, 2.05) is 20.8 Å². The summed E-state index contributed by atoms with van der Waals surface area (Å²) in [5.41, 5.74) is 1.52. The average molecular weight is 228 g/mol. The second kappa shape index (κ2) is 4.61. The van der Waals surface area contributed by atoms with Crippen LogP contribution in [0.25, 0.3) is 0 Å². The molecule has 1 heterocycles. The van der Waals surface area contributed by atoms with E-state index in [-0.39, 0.29) is 17.4 Å². The Morgan fingerprint density at radius 1 is 1.60 bits per heavy atom. The molecule has 1 aromatic heterocycles. The third kappa shape index (κ3) is 3.20. The van der Waals surface area contributed by atoms with Crippen LogP contribution in [-0.2, 0) is 9.53 Å². The lowest BCUT2D eigenvalue weighted by Crippen LogP contribution is -2.41. The molecule has 0 fully saturated rings. The Morgan fingerprint density at radius 2 is 2.27 bits per heavy atom. The predicted octanol–water partition coefficient (Wildman–Crippen LogP) is 2.14. The number of esters is 1. The number of thiazole rings is 1. The van der Waals surface area contributed by atoms with E-state index in [4.69, 9.17) is 4.74 Å². The van der Waals surface area contributed by atoms with Gasteiger partial charge in [0.15, 0.2) is 0 Å². The molecule has 1 N–H and O–H groups in total. The number of carbonyl (C=O) groups is 1. The molecule has 0 radical (unpaired) electrons. The molecule has 15 heavy (non-hydrogen) atoms. The number of aromatic nitrogens is 1. The number of rotatable bonds is 3. The number of hydrogen-bond acceptors (Lipinski definition) is 5. The highest BCUT2D eigenvalue weighted by atomic mass is 32.1. The first kappa shape index (κ1) is 12.0. The van der Waals surface area contributed by atoms with Crippen LogP contribution >= 0.6 is 11.3 Å². The van der Waals surface area contributed by atoms with E-state index in [0.717, 1.165) is 5.00 Å². The van der Waals surface area contributed by atoms with Crippen molar-refractivity contribution >= 4 is 22.3 Å². The molecule has 0 aliphatic carbocycles. The second-order valence-electron chi connectivity index (χ2n) is 4.33. The number of carbonyl (C=O) groups excluding carboxylic acids is 1. The number of nitrogens with zero attached hydrogens (tertiary/aromatic N) is 1. The topological polar surface area (TPSA) is 51.2 Å². The maximum absolute atomic E-state index is 11.6. The van der Waals surface area contributed by atoms with Gasteiger partial charge in [-0.2, -0.15) is 0 Å². The highest BCUT2D eigenvalue weighted by Gasteiger charge is 2.32. The van der Waals surface area contributed by atoms with Gasteiger partial charge in [-0.15, -0.1) is 11.3 Å². The first-order valence-corrected chi connectivity index (χ1v) is 5.56. The zero-order valence-corrected chi connectivity index (χ0v) is 10.2. The molecule has 84 valence electrons. The summed E-state index contributed by atoms with van der Waals surface area (Å²) in [5.74, 6) is -0.254. The summed E-state index contributed by atoms with van der Waals surface area (Å²) >= 11 is 1.47. The Labute approximate surface area is 93.7 Å². The van der Waals surface area contributed by atoms with E-state index >= 15 is 0 Å². The maximum Gasteiger partial charge on any atom is 0.328 e. The summed E-state index contributed by atoms with van der Waals surface area (Å²) in [6.45, 7) is 5.97. The van der Waals surface area contributed by atoms with Crippen LogP contribution in [0.2, 0.25) is 0 Å². The van der Waals surface area contributed by atoms with Gasteiger partial charge in [0.25, 0.3) is 0 Å². The monoisotopic (exact) mass is 228 g/mol. The fraction of sp³-hybridized carbons (Fsp3) is 0.600. The standard InChI is InChI=1S/C10H16N2O2S/c1-10(2,3)8(9(13)14-4)12-7-5-11-6-15-7/h5-6,8,12H,1-4H3/t8-/m1/s1. The van der Waals surface area contributed by atoms with Crippen molar-refractivity contribution in [2.75, 3.05) is 12.4 Å². The number of hydrogen-bond donors (Lipinski definition) is 1.